The molecule has 2 aromatic rings. The fourth-order valence-corrected chi connectivity index (χ4v) is 1.61. The van der Waals surface area contributed by atoms with Gasteiger partial charge in [-0.3, -0.25) is 0 Å². The predicted octanol–water partition coefficient (Wildman–Crippen LogP) is 1.85. The van der Waals surface area contributed by atoms with Crippen LogP contribution in [0.1, 0.15) is 17.0 Å². The molecule has 2 aromatic heterocycles. The van der Waals surface area contributed by atoms with Gasteiger partial charge in [0.15, 0.2) is 0 Å². The van der Waals surface area contributed by atoms with E-state index < -0.39 is 12.6 Å². The van der Waals surface area contributed by atoms with Crippen LogP contribution in [0.15, 0.2) is 6.33 Å². The molecule has 0 aliphatic carbocycles. The number of alkyl halides is 3. The summed E-state index contributed by atoms with van der Waals surface area (Å²) in [6.07, 6.45) is -3.97. The lowest BCUT2D eigenvalue weighted by atomic mass is 10.1. The van der Waals surface area contributed by atoms with Crippen LogP contribution in [0.25, 0.3) is 5.78 Å². The Morgan fingerprint density at radius 2 is 2.00 bits per heavy atom. The number of fused-ring (bicyclic) bond motifs is 1. The second kappa shape index (κ2) is 3.43. The van der Waals surface area contributed by atoms with Crippen molar-refractivity contribution in [3.05, 3.63) is 23.3 Å². The smallest absolute Gasteiger partial charge is 0.216 e. The maximum Gasteiger partial charge on any atom is 0.393 e. The molecule has 0 spiro atoms. The van der Waals surface area contributed by atoms with Crippen LogP contribution in [0, 0.1) is 13.8 Å². The lowest BCUT2D eigenvalue weighted by Crippen LogP contribution is -2.16. The molecule has 4 nitrogen and oxygen atoms in total. The SMILES string of the molecule is Cc1nc2ncnn2c(C)c1CC(F)(F)F. The van der Waals surface area contributed by atoms with Crippen LogP contribution in [-0.2, 0) is 6.42 Å². The molecule has 0 bridgehead atoms. The minimum absolute atomic E-state index is 0.158. The summed E-state index contributed by atoms with van der Waals surface area (Å²) >= 11 is 0. The highest BCUT2D eigenvalue weighted by molar-refractivity contribution is 5.36. The van der Waals surface area contributed by atoms with E-state index in [1.54, 1.807) is 13.8 Å². The van der Waals surface area contributed by atoms with E-state index in [1.807, 2.05) is 0 Å². The van der Waals surface area contributed by atoms with Crippen molar-refractivity contribution in [2.45, 2.75) is 26.4 Å². The van der Waals surface area contributed by atoms with Gasteiger partial charge in [-0.1, -0.05) is 0 Å². The topological polar surface area (TPSA) is 43.1 Å². The zero-order valence-electron chi connectivity index (χ0n) is 8.71. The first-order chi connectivity index (χ1) is 7.38. The minimum Gasteiger partial charge on any atom is -0.216 e. The maximum absolute atomic E-state index is 12.4. The molecule has 86 valence electrons. The summed E-state index contributed by atoms with van der Waals surface area (Å²) in [5.74, 6) is 0.320. The van der Waals surface area contributed by atoms with E-state index in [0.717, 1.165) is 0 Å². The van der Waals surface area contributed by atoms with Crippen LogP contribution in [0.2, 0.25) is 0 Å². The van der Waals surface area contributed by atoms with E-state index >= 15 is 0 Å². The minimum atomic E-state index is -4.24. The number of hydrogen-bond acceptors (Lipinski definition) is 3. The van der Waals surface area contributed by atoms with Crippen LogP contribution < -0.4 is 0 Å². The molecule has 0 radical (unpaired) electrons. The average molecular weight is 230 g/mol. The van der Waals surface area contributed by atoms with Gasteiger partial charge in [0, 0.05) is 17.0 Å². The molecular formula is C9H9F3N4. The van der Waals surface area contributed by atoms with Crippen molar-refractivity contribution in [3.8, 4) is 0 Å². The summed E-state index contributed by atoms with van der Waals surface area (Å²) < 4.78 is 38.4. The number of nitrogens with zero attached hydrogens (tertiary/aromatic N) is 4. The van der Waals surface area contributed by atoms with E-state index in [-0.39, 0.29) is 5.56 Å². The number of halogens is 3. The van der Waals surface area contributed by atoms with Crippen molar-refractivity contribution in [1.82, 2.24) is 19.6 Å². The summed E-state index contributed by atoms with van der Waals surface area (Å²) in [6.45, 7) is 3.13. The fraction of sp³-hybridized carbons (Fsp3) is 0.444. The van der Waals surface area contributed by atoms with E-state index in [2.05, 4.69) is 15.1 Å². The number of rotatable bonds is 1. The summed E-state index contributed by atoms with van der Waals surface area (Å²) in [6, 6.07) is 0. The predicted molar refractivity (Wildman–Crippen MR) is 50.0 cm³/mol. The number of aromatic nitrogens is 4. The molecule has 0 amide bonds. The zero-order valence-corrected chi connectivity index (χ0v) is 8.71. The average Bonchev–Trinajstić information content (AvgIpc) is 2.58. The molecule has 0 atom stereocenters. The Morgan fingerprint density at radius 3 is 2.62 bits per heavy atom. The van der Waals surface area contributed by atoms with Crippen molar-refractivity contribution < 1.29 is 13.2 Å². The first kappa shape index (κ1) is 10.8. The van der Waals surface area contributed by atoms with Gasteiger partial charge in [0.2, 0.25) is 0 Å². The Bertz CT molecular complexity index is 529. The van der Waals surface area contributed by atoms with Crippen LogP contribution >= 0.6 is 0 Å². The molecule has 0 aliphatic rings. The molecule has 0 aliphatic heterocycles. The Labute approximate surface area is 89.1 Å². The molecule has 0 N–H and O–H groups in total. The Kier molecular flexibility index (Phi) is 2.32. The number of aryl methyl sites for hydroxylation is 2. The molecule has 2 rings (SSSR count). The quantitative estimate of drug-likeness (QED) is 0.750. The molecular weight excluding hydrogens is 221 g/mol. The lowest BCUT2D eigenvalue weighted by Gasteiger charge is -2.12. The Hall–Kier alpha value is -1.66. The standard InChI is InChI=1S/C9H9F3N4/c1-5-7(3-9(10,11)12)6(2)16-8(15-5)13-4-14-16/h4H,3H2,1-2H3. The van der Waals surface area contributed by atoms with Gasteiger partial charge in [-0.15, -0.1) is 0 Å². The van der Waals surface area contributed by atoms with Crippen molar-refractivity contribution in [1.29, 1.82) is 0 Å². The first-order valence-corrected chi connectivity index (χ1v) is 4.61. The molecule has 0 unspecified atom stereocenters. The second-order valence-electron chi connectivity index (χ2n) is 3.52. The van der Waals surface area contributed by atoms with E-state index in [4.69, 9.17) is 0 Å². The van der Waals surface area contributed by atoms with Crippen LogP contribution in [0.3, 0.4) is 0 Å². The van der Waals surface area contributed by atoms with Crippen molar-refractivity contribution >= 4 is 5.78 Å². The normalized spacial score (nSPS) is 12.3. The van der Waals surface area contributed by atoms with Gasteiger partial charge in [-0.2, -0.15) is 23.3 Å². The highest BCUT2D eigenvalue weighted by Gasteiger charge is 2.30. The molecule has 0 saturated carbocycles. The second-order valence-corrected chi connectivity index (χ2v) is 3.52. The van der Waals surface area contributed by atoms with Gasteiger partial charge in [0.1, 0.15) is 6.33 Å². The van der Waals surface area contributed by atoms with E-state index in [0.29, 0.717) is 17.2 Å². The first-order valence-electron chi connectivity index (χ1n) is 4.61. The van der Waals surface area contributed by atoms with E-state index in [1.165, 1.54) is 10.8 Å². The Balaban J connectivity index is 2.59. The Morgan fingerprint density at radius 1 is 1.31 bits per heavy atom. The van der Waals surface area contributed by atoms with Crippen molar-refractivity contribution in [2.24, 2.45) is 0 Å². The van der Waals surface area contributed by atoms with Gasteiger partial charge in [0.25, 0.3) is 5.78 Å². The number of hydrogen-bond donors (Lipinski definition) is 0. The van der Waals surface area contributed by atoms with Crippen LogP contribution in [0.4, 0.5) is 13.2 Å². The fourth-order valence-electron chi connectivity index (χ4n) is 1.61. The summed E-state index contributed by atoms with van der Waals surface area (Å²) in [4.78, 5) is 7.81. The third kappa shape index (κ3) is 1.84. The highest BCUT2D eigenvalue weighted by Crippen LogP contribution is 2.24. The highest BCUT2D eigenvalue weighted by atomic mass is 19.4. The maximum atomic E-state index is 12.4. The zero-order chi connectivity index (χ0) is 11.9. The molecule has 0 saturated heterocycles. The largest absolute Gasteiger partial charge is 0.393 e. The third-order valence-electron chi connectivity index (χ3n) is 2.37. The summed E-state index contributed by atoms with van der Waals surface area (Å²) in [5, 5.41) is 3.83. The molecule has 7 heteroatoms. The molecule has 0 aromatic carbocycles. The van der Waals surface area contributed by atoms with Gasteiger partial charge in [-0.25, -0.2) is 9.50 Å². The van der Waals surface area contributed by atoms with Crippen LogP contribution in [0.5, 0.6) is 0 Å². The van der Waals surface area contributed by atoms with Crippen molar-refractivity contribution in [2.75, 3.05) is 0 Å². The lowest BCUT2D eigenvalue weighted by molar-refractivity contribution is -0.127. The van der Waals surface area contributed by atoms with Gasteiger partial charge >= 0.3 is 6.18 Å². The van der Waals surface area contributed by atoms with E-state index in [9.17, 15) is 13.2 Å². The molecule has 2 heterocycles. The monoisotopic (exact) mass is 230 g/mol. The molecule has 0 fully saturated rings. The van der Waals surface area contributed by atoms with Crippen molar-refractivity contribution in [3.63, 3.8) is 0 Å². The van der Waals surface area contributed by atoms with Gasteiger partial charge in [-0.05, 0) is 13.8 Å². The van der Waals surface area contributed by atoms with Gasteiger partial charge in [0.05, 0.1) is 6.42 Å². The molecule has 16 heavy (non-hydrogen) atoms. The third-order valence-corrected chi connectivity index (χ3v) is 2.37. The summed E-state index contributed by atoms with van der Waals surface area (Å²) in [5.41, 5.74) is 0.929. The van der Waals surface area contributed by atoms with Gasteiger partial charge < -0.3 is 0 Å². The summed E-state index contributed by atoms with van der Waals surface area (Å²) in [7, 11) is 0. The van der Waals surface area contributed by atoms with Crippen LogP contribution in [-0.4, -0.2) is 25.8 Å².